The maximum atomic E-state index is 13.2. The zero-order valence-corrected chi connectivity index (χ0v) is 15.4. The van der Waals surface area contributed by atoms with E-state index in [1.165, 1.54) is 0 Å². The van der Waals surface area contributed by atoms with Crippen molar-refractivity contribution in [2.45, 2.75) is 32.0 Å². The molecule has 0 unspecified atom stereocenters. The van der Waals surface area contributed by atoms with E-state index in [9.17, 15) is 4.79 Å². The molecular formula is C21H21NO6. The van der Waals surface area contributed by atoms with Crippen LogP contribution in [0.1, 0.15) is 24.0 Å². The van der Waals surface area contributed by atoms with Gasteiger partial charge in [-0.1, -0.05) is 18.2 Å². The quantitative estimate of drug-likeness (QED) is 0.791. The van der Waals surface area contributed by atoms with Crippen LogP contribution in [0.25, 0.3) is 0 Å². The van der Waals surface area contributed by atoms with Gasteiger partial charge in [0.25, 0.3) is 5.91 Å². The Morgan fingerprint density at radius 3 is 2.71 bits per heavy atom. The third-order valence-corrected chi connectivity index (χ3v) is 5.17. The molecule has 2 aromatic carbocycles. The summed E-state index contributed by atoms with van der Waals surface area (Å²) in [5.74, 6) is 2.85. The van der Waals surface area contributed by atoms with Gasteiger partial charge in [0.2, 0.25) is 13.6 Å². The van der Waals surface area contributed by atoms with E-state index in [0.717, 1.165) is 29.7 Å². The van der Waals surface area contributed by atoms with Crippen LogP contribution in [0.5, 0.6) is 23.0 Å². The topological polar surface area (TPSA) is 66.5 Å². The molecule has 3 aliphatic rings. The summed E-state index contributed by atoms with van der Waals surface area (Å²) in [6.45, 7) is 1.92. The Morgan fingerprint density at radius 1 is 0.964 bits per heavy atom. The normalized spacial score (nSPS) is 19.1. The largest absolute Gasteiger partial charge is 0.454 e. The Balaban J connectivity index is 1.41. The summed E-state index contributed by atoms with van der Waals surface area (Å²) < 4.78 is 27.6. The molecule has 1 fully saturated rings. The molecule has 7 heteroatoms. The second-order valence-corrected chi connectivity index (χ2v) is 7.03. The van der Waals surface area contributed by atoms with Crippen LogP contribution in [0.2, 0.25) is 0 Å². The van der Waals surface area contributed by atoms with Crippen molar-refractivity contribution in [3.63, 3.8) is 0 Å². The van der Waals surface area contributed by atoms with Gasteiger partial charge in [0.15, 0.2) is 23.0 Å². The molecule has 3 heterocycles. The summed E-state index contributed by atoms with van der Waals surface area (Å²) in [5.41, 5.74) is 1.89. The fourth-order valence-corrected chi connectivity index (χ4v) is 3.77. The van der Waals surface area contributed by atoms with Crippen LogP contribution in [0.15, 0.2) is 36.4 Å². The zero-order valence-electron chi connectivity index (χ0n) is 15.4. The molecule has 3 aliphatic heterocycles. The van der Waals surface area contributed by atoms with E-state index in [2.05, 4.69) is 0 Å². The van der Waals surface area contributed by atoms with E-state index in [-0.39, 0.29) is 25.6 Å². The lowest BCUT2D eigenvalue weighted by atomic mass is 10.1. The highest BCUT2D eigenvalue weighted by Gasteiger charge is 2.30. The van der Waals surface area contributed by atoms with Gasteiger partial charge in [0.05, 0.1) is 0 Å². The van der Waals surface area contributed by atoms with Crippen molar-refractivity contribution in [3.05, 3.63) is 47.5 Å². The maximum absolute atomic E-state index is 13.2. The number of rotatable bonds is 5. The molecule has 7 nitrogen and oxygen atoms in total. The van der Waals surface area contributed by atoms with Crippen LogP contribution in [0, 0.1) is 0 Å². The molecule has 1 atom stereocenters. The second-order valence-electron chi connectivity index (χ2n) is 7.03. The molecular weight excluding hydrogens is 362 g/mol. The van der Waals surface area contributed by atoms with Gasteiger partial charge in [-0.25, -0.2) is 0 Å². The fourth-order valence-electron chi connectivity index (χ4n) is 3.77. The Kier molecular flexibility index (Phi) is 4.44. The lowest BCUT2D eigenvalue weighted by Crippen LogP contribution is -2.38. The van der Waals surface area contributed by atoms with Crippen molar-refractivity contribution in [3.8, 4) is 23.0 Å². The summed E-state index contributed by atoms with van der Waals surface area (Å²) in [7, 11) is 0. The monoisotopic (exact) mass is 383 g/mol. The van der Waals surface area contributed by atoms with Gasteiger partial charge < -0.3 is 28.6 Å². The fraction of sp³-hybridized carbons (Fsp3) is 0.381. The number of hydrogen-bond donors (Lipinski definition) is 0. The standard InChI is InChI=1S/C21H21NO6/c23-21(18-5-2-8-24-18)22(10-14-6-7-16-19(9-14)27-12-25-16)11-15-3-1-4-17-20(15)28-13-26-17/h1,3-4,6-7,9,18H,2,5,8,10-13H2/t18-/m0/s1. The Bertz CT molecular complexity index is 892. The maximum Gasteiger partial charge on any atom is 0.252 e. The highest BCUT2D eigenvalue weighted by molar-refractivity contribution is 5.81. The Hall–Kier alpha value is -2.93. The number of carbonyl (C=O) groups is 1. The van der Waals surface area contributed by atoms with Crippen LogP contribution in [-0.2, 0) is 22.6 Å². The smallest absolute Gasteiger partial charge is 0.252 e. The van der Waals surface area contributed by atoms with Gasteiger partial charge in [0, 0.05) is 25.3 Å². The van der Waals surface area contributed by atoms with Crippen LogP contribution >= 0.6 is 0 Å². The molecule has 28 heavy (non-hydrogen) atoms. The van der Waals surface area contributed by atoms with E-state index in [1.807, 2.05) is 41.3 Å². The Morgan fingerprint density at radius 2 is 1.82 bits per heavy atom. The third kappa shape index (κ3) is 3.22. The molecule has 0 radical (unpaired) electrons. The number of carbonyl (C=O) groups excluding carboxylic acids is 1. The van der Waals surface area contributed by atoms with E-state index < -0.39 is 0 Å². The number of nitrogens with zero attached hydrogens (tertiary/aromatic N) is 1. The lowest BCUT2D eigenvalue weighted by Gasteiger charge is -2.26. The minimum Gasteiger partial charge on any atom is -0.454 e. The highest BCUT2D eigenvalue weighted by atomic mass is 16.7. The summed E-state index contributed by atoms with van der Waals surface area (Å²) in [4.78, 5) is 15.0. The number of fused-ring (bicyclic) bond motifs is 2. The summed E-state index contributed by atoms with van der Waals surface area (Å²) >= 11 is 0. The van der Waals surface area contributed by atoms with Crippen molar-refractivity contribution >= 4 is 5.91 Å². The summed E-state index contributed by atoms with van der Waals surface area (Å²) in [6.07, 6.45) is 1.28. The number of hydrogen-bond acceptors (Lipinski definition) is 6. The number of amides is 1. The predicted molar refractivity (Wildman–Crippen MR) is 98.4 cm³/mol. The second kappa shape index (κ2) is 7.24. The predicted octanol–water partition coefficient (Wildman–Crippen LogP) is 2.85. The van der Waals surface area contributed by atoms with E-state index in [1.54, 1.807) is 0 Å². The third-order valence-electron chi connectivity index (χ3n) is 5.17. The van der Waals surface area contributed by atoms with Crippen molar-refractivity contribution in [1.29, 1.82) is 0 Å². The lowest BCUT2D eigenvalue weighted by molar-refractivity contribution is -0.142. The molecule has 0 bridgehead atoms. The Labute approximate surface area is 162 Å². The molecule has 1 saturated heterocycles. The summed E-state index contributed by atoms with van der Waals surface area (Å²) in [6, 6.07) is 11.5. The zero-order chi connectivity index (χ0) is 18.9. The van der Waals surface area contributed by atoms with Crippen molar-refractivity contribution in [1.82, 2.24) is 4.90 Å². The molecule has 146 valence electrons. The van der Waals surface area contributed by atoms with Gasteiger partial charge in [-0.2, -0.15) is 0 Å². The molecule has 2 aromatic rings. The number of benzene rings is 2. The highest BCUT2D eigenvalue weighted by Crippen LogP contribution is 2.37. The van der Waals surface area contributed by atoms with Gasteiger partial charge >= 0.3 is 0 Å². The average molecular weight is 383 g/mol. The first kappa shape index (κ1) is 17.2. The molecule has 0 N–H and O–H groups in total. The van der Waals surface area contributed by atoms with Crippen LogP contribution in [0.4, 0.5) is 0 Å². The van der Waals surface area contributed by atoms with Gasteiger partial charge in [-0.05, 0) is 36.6 Å². The first-order valence-corrected chi connectivity index (χ1v) is 9.44. The van der Waals surface area contributed by atoms with Crippen LogP contribution in [0.3, 0.4) is 0 Å². The van der Waals surface area contributed by atoms with E-state index >= 15 is 0 Å². The molecule has 0 aliphatic carbocycles. The first-order chi connectivity index (χ1) is 13.8. The van der Waals surface area contributed by atoms with Gasteiger partial charge in [0.1, 0.15) is 6.10 Å². The minimum atomic E-state index is -0.386. The molecule has 0 spiro atoms. The number of ether oxygens (including phenoxy) is 5. The molecule has 1 amide bonds. The molecule has 0 saturated carbocycles. The molecule has 5 rings (SSSR count). The van der Waals surface area contributed by atoms with Crippen LogP contribution < -0.4 is 18.9 Å². The van der Waals surface area contributed by atoms with E-state index in [4.69, 9.17) is 23.7 Å². The van der Waals surface area contributed by atoms with Crippen molar-refractivity contribution in [2.24, 2.45) is 0 Å². The van der Waals surface area contributed by atoms with Crippen molar-refractivity contribution in [2.75, 3.05) is 20.2 Å². The summed E-state index contributed by atoms with van der Waals surface area (Å²) in [5, 5.41) is 0. The van der Waals surface area contributed by atoms with Gasteiger partial charge in [-0.3, -0.25) is 4.79 Å². The van der Waals surface area contributed by atoms with Gasteiger partial charge in [-0.15, -0.1) is 0 Å². The van der Waals surface area contributed by atoms with E-state index in [0.29, 0.717) is 36.9 Å². The number of para-hydroxylation sites is 1. The van der Waals surface area contributed by atoms with Crippen LogP contribution in [-0.4, -0.2) is 37.1 Å². The molecule has 0 aromatic heterocycles. The first-order valence-electron chi connectivity index (χ1n) is 9.44. The minimum absolute atomic E-state index is 0.00770. The SMILES string of the molecule is O=C([C@@H]1CCCO1)N(Cc1ccc2c(c1)OCO2)Cc1cccc2c1OCO2. The average Bonchev–Trinajstić information content (AvgIpc) is 3.47. The van der Waals surface area contributed by atoms with Crippen molar-refractivity contribution < 1.29 is 28.5 Å².